The normalized spacial score (nSPS) is 17.1. The number of carbonyl (C=O) groups is 3. The second kappa shape index (κ2) is 16.8. The fourth-order valence-corrected chi connectivity index (χ4v) is 9.88. The van der Waals surface area contributed by atoms with Crippen molar-refractivity contribution in [1.29, 1.82) is 0 Å². The van der Waals surface area contributed by atoms with E-state index in [9.17, 15) is 24.3 Å². The fourth-order valence-electron chi connectivity index (χ4n) is 6.74. The van der Waals surface area contributed by atoms with E-state index in [0.717, 1.165) is 22.3 Å². The second-order valence-electron chi connectivity index (χ2n) is 13.8. The van der Waals surface area contributed by atoms with Crippen LogP contribution in [0.5, 0.6) is 0 Å². The molecule has 0 spiro atoms. The molecule has 2 amide bonds. The van der Waals surface area contributed by atoms with E-state index < -0.39 is 39.9 Å². The number of benzene rings is 3. The van der Waals surface area contributed by atoms with Crippen LogP contribution in [-0.2, 0) is 24.8 Å². The summed E-state index contributed by atoms with van der Waals surface area (Å²) in [4.78, 5) is 67.2. The molecule has 7 rings (SSSR count). The Morgan fingerprint density at radius 1 is 0.982 bits per heavy atom. The molecular weight excluding hydrogens is 785 g/mol. The maximum Gasteiger partial charge on any atom is 0.362 e. The van der Waals surface area contributed by atoms with Gasteiger partial charge in [-0.25, -0.2) is 14.9 Å². The van der Waals surface area contributed by atoms with Gasteiger partial charge in [0.2, 0.25) is 0 Å². The molecule has 2 aliphatic heterocycles. The van der Waals surface area contributed by atoms with Gasteiger partial charge in [-0.3, -0.25) is 19.3 Å². The smallest absolute Gasteiger partial charge is 0.362 e. The van der Waals surface area contributed by atoms with Gasteiger partial charge in [0.15, 0.2) is 10.8 Å². The van der Waals surface area contributed by atoms with Gasteiger partial charge in [0, 0.05) is 29.0 Å². The number of nitrogens with one attached hydrogen (secondary N) is 3. The quantitative estimate of drug-likeness (QED) is 0.0350. The molecule has 2 aliphatic rings. The van der Waals surface area contributed by atoms with Gasteiger partial charge in [-0.2, -0.15) is 10.1 Å². The van der Waals surface area contributed by atoms with Crippen LogP contribution in [-0.4, -0.2) is 83.7 Å². The van der Waals surface area contributed by atoms with Crippen molar-refractivity contribution in [2.75, 3.05) is 23.9 Å². The first-order valence-electron chi connectivity index (χ1n) is 17.8. The van der Waals surface area contributed by atoms with E-state index in [0.29, 0.717) is 27.4 Å². The standard InChI is InChI=1S/C40H38N8O6S3/c1-39(2,36(51)52)19-29-24(21-55-30-20-41-46-37(53)43-30)22-56-35-32(34(50)48(29)35)44-33(49)31(47-54-3)28-23-57-38(42-28)45-40(25-13-7-4-8-14-25,26-15-9-5-10-16-26)27-17-11-6-12-18-27/h4-18,20,23,32,35H,19,21-22H2,1-3H3,(H,42,45)(H,44,49)(H,51,52)(H,43,46,53)/t32?,35-/m0/s1. The first-order chi connectivity index (χ1) is 27.5. The van der Waals surface area contributed by atoms with Gasteiger partial charge < -0.3 is 20.6 Å². The fraction of sp³-hybridized carbons (Fsp3) is 0.250. The highest BCUT2D eigenvalue weighted by molar-refractivity contribution is 8.01. The van der Waals surface area contributed by atoms with Crippen LogP contribution >= 0.6 is 34.9 Å². The molecule has 2 aromatic heterocycles. The van der Waals surface area contributed by atoms with Crippen molar-refractivity contribution in [1.82, 2.24) is 30.4 Å². The molecule has 0 saturated carbocycles. The summed E-state index contributed by atoms with van der Waals surface area (Å²) < 4.78 is 0. The number of oxime groups is 1. The highest BCUT2D eigenvalue weighted by Gasteiger charge is 2.54. The number of thioether (sulfide) groups is 2. The number of carboxylic acid groups (broad SMARTS) is 1. The molecule has 1 saturated heterocycles. The number of rotatable bonds is 15. The number of aromatic nitrogens is 4. The van der Waals surface area contributed by atoms with Crippen molar-refractivity contribution in [3.8, 4) is 0 Å². The average Bonchev–Trinajstić information content (AvgIpc) is 3.69. The molecule has 17 heteroatoms. The minimum absolute atomic E-state index is 0.0736. The predicted molar refractivity (Wildman–Crippen MR) is 220 cm³/mol. The third kappa shape index (κ3) is 8.08. The topological polar surface area (TPSA) is 192 Å². The molecule has 1 fully saturated rings. The van der Waals surface area contributed by atoms with E-state index in [1.54, 1.807) is 24.1 Å². The summed E-state index contributed by atoms with van der Waals surface area (Å²) in [6.45, 7) is 3.20. The highest BCUT2D eigenvalue weighted by Crippen LogP contribution is 2.45. The van der Waals surface area contributed by atoms with Crippen molar-refractivity contribution >= 4 is 63.5 Å². The maximum absolute atomic E-state index is 14.0. The van der Waals surface area contributed by atoms with Crippen LogP contribution in [0.15, 0.2) is 129 Å². The van der Waals surface area contributed by atoms with Gasteiger partial charge in [-0.05, 0) is 36.1 Å². The number of hydrogen-bond acceptors (Lipinski definition) is 13. The Labute approximate surface area is 340 Å². The Bertz CT molecular complexity index is 2290. The number of anilines is 1. The predicted octanol–water partition coefficient (Wildman–Crippen LogP) is 5.32. The Morgan fingerprint density at radius 3 is 2.16 bits per heavy atom. The number of aliphatic carboxylic acids is 1. The lowest BCUT2D eigenvalue weighted by Crippen LogP contribution is -2.70. The van der Waals surface area contributed by atoms with Crippen molar-refractivity contribution in [3.63, 3.8) is 0 Å². The lowest BCUT2D eigenvalue weighted by atomic mass is 9.77. The number of amides is 2. The van der Waals surface area contributed by atoms with E-state index in [-0.39, 0.29) is 23.7 Å². The Balaban J connectivity index is 1.14. The van der Waals surface area contributed by atoms with Crippen molar-refractivity contribution < 1.29 is 24.3 Å². The van der Waals surface area contributed by atoms with Crippen LogP contribution in [0.4, 0.5) is 5.13 Å². The number of H-pyrrole nitrogens is 1. The summed E-state index contributed by atoms with van der Waals surface area (Å²) in [5.41, 5.74) is 1.84. The molecule has 3 aromatic carbocycles. The van der Waals surface area contributed by atoms with E-state index >= 15 is 0 Å². The Morgan fingerprint density at radius 2 is 1.60 bits per heavy atom. The SMILES string of the molecule is CON=C(C(=O)NC1C(=O)N2C(CC(C)(C)C(=O)O)=C(CSc3cn[nH]c(=O)n3)CS[C@@H]12)c1csc(NC(c2ccccc2)(c2ccccc2)c2ccccc2)n1. The number of thiazole rings is 1. The lowest BCUT2D eigenvalue weighted by molar-refractivity contribution is -0.149. The van der Waals surface area contributed by atoms with Crippen molar-refractivity contribution in [2.45, 2.75) is 42.2 Å². The summed E-state index contributed by atoms with van der Waals surface area (Å²) in [6, 6.07) is 29.2. The first-order valence-corrected chi connectivity index (χ1v) is 20.7. The number of carbonyl (C=O) groups excluding carboxylic acids is 2. The zero-order valence-electron chi connectivity index (χ0n) is 31.0. The Kier molecular flexibility index (Phi) is 11.6. The molecule has 0 radical (unpaired) electrons. The van der Waals surface area contributed by atoms with Crippen molar-refractivity contribution in [2.24, 2.45) is 10.6 Å². The number of β-lactam (4-membered cyclic amide) rings is 1. The minimum Gasteiger partial charge on any atom is -0.481 e. The molecule has 14 nitrogen and oxygen atoms in total. The average molecular weight is 823 g/mol. The van der Waals surface area contributed by atoms with E-state index in [4.69, 9.17) is 9.82 Å². The van der Waals surface area contributed by atoms with Gasteiger partial charge in [0.05, 0.1) is 11.6 Å². The van der Waals surface area contributed by atoms with E-state index in [1.165, 1.54) is 48.2 Å². The molecule has 0 bridgehead atoms. The molecule has 2 atom stereocenters. The molecule has 292 valence electrons. The summed E-state index contributed by atoms with van der Waals surface area (Å²) in [5.74, 6) is -1.23. The van der Waals surface area contributed by atoms with Crippen LogP contribution in [0, 0.1) is 5.41 Å². The number of carboxylic acids is 1. The number of hydrogen-bond donors (Lipinski definition) is 4. The van der Waals surface area contributed by atoms with Crippen molar-refractivity contribution in [3.05, 3.63) is 147 Å². The summed E-state index contributed by atoms with van der Waals surface area (Å²) in [6.07, 6.45) is 1.50. The molecule has 5 aromatic rings. The number of nitrogens with zero attached hydrogens (tertiary/aromatic N) is 5. The first kappa shape index (κ1) is 39.5. The molecular formula is C40H38N8O6S3. The molecule has 57 heavy (non-hydrogen) atoms. The maximum atomic E-state index is 14.0. The zero-order chi connectivity index (χ0) is 40.2. The third-order valence-corrected chi connectivity index (χ3v) is 12.7. The van der Waals surface area contributed by atoms with Crippen LogP contribution in [0.25, 0.3) is 0 Å². The summed E-state index contributed by atoms with van der Waals surface area (Å²) in [7, 11) is 1.33. The van der Waals surface area contributed by atoms with Gasteiger partial charge in [0.25, 0.3) is 11.8 Å². The van der Waals surface area contributed by atoms with Gasteiger partial charge in [-0.15, -0.1) is 34.9 Å². The van der Waals surface area contributed by atoms with E-state index in [2.05, 4.69) is 67.4 Å². The van der Waals surface area contributed by atoms with Gasteiger partial charge >= 0.3 is 11.7 Å². The molecule has 4 heterocycles. The zero-order valence-corrected chi connectivity index (χ0v) is 33.5. The lowest BCUT2D eigenvalue weighted by Gasteiger charge is -2.51. The summed E-state index contributed by atoms with van der Waals surface area (Å²) in [5, 5.41) is 28.7. The van der Waals surface area contributed by atoms with Gasteiger partial charge in [0.1, 0.15) is 34.8 Å². The van der Waals surface area contributed by atoms with Crippen LogP contribution < -0.4 is 16.3 Å². The van der Waals surface area contributed by atoms with Crippen LogP contribution in [0.1, 0.15) is 42.7 Å². The van der Waals surface area contributed by atoms with Gasteiger partial charge in [-0.1, -0.05) is 96.2 Å². The van der Waals surface area contributed by atoms with E-state index in [1.807, 2.05) is 54.6 Å². The summed E-state index contributed by atoms with van der Waals surface area (Å²) >= 11 is 4.02. The number of allylic oxidation sites excluding steroid dienone is 1. The number of aromatic amines is 1. The second-order valence-corrected chi connectivity index (χ2v) is 16.8. The van der Waals surface area contributed by atoms with Crippen LogP contribution in [0.3, 0.4) is 0 Å². The highest BCUT2D eigenvalue weighted by atomic mass is 32.2. The molecule has 1 unspecified atom stereocenters. The molecule has 4 N–H and O–H groups in total. The third-order valence-electron chi connectivity index (χ3n) is 9.65. The Hall–Kier alpha value is -5.78. The largest absolute Gasteiger partial charge is 0.481 e. The number of fused-ring (bicyclic) bond motifs is 1. The minimum atomic E-state index is -1.19. The van der Waals surface area contributed by atoms with Crippen LogP contribution in [0.2, 0.25) is 0 Å². The monoisotopic (exact) mass is 822 g/mol. The molecule has 0 aliphatic carbocycles.